The van der Waals surface area contributed by atoms with Crippen molar-refractivity contribution in [1.82, 2.24) is 20.0 Å². The van der Waals surface area contributed by atoms with Gasteiger partial charge in [0.15, 0.2) is 0 Å². The van der Waals surface area contributed by atoms with Crippen molar-refractivity contribution in [2.45, 2.75) is 51.0 Å². The number of aryl methyl sites for hydroxylation is 1. The molecule has 2 atom stereocenters. The fourth-order valence-electron chi connectivity index (χ4n) is 4.28. The largest absolute Gasteiger partial charge is 0.339 e. The summed E-state index contributed by atoms with van der Waals surface area (Å²) >= 11 is 0. The monoisotopic (exact) mass is 390 g/mol. The zero-order chi connectivity index (χ0) is 20.1. The van der Waals surface area contributed by atoms with Gasteiger partial charge >= 0.3 is 0 Å². The predicted molar refractivity (Wildman–Crippen MR) is 110 cm³/mol. The Balaban J connectivity index is 1.40. The molecular formula is C23H26N4O2. The molecule has 1 aliphatic rings. The third-order valence-corrected chi connectivity index (χ3v) is 5.71. The molecule has 1 aliphatic heterocycles. The van der Waals surface area contributed by atoms with Crippen LogP contribution in [0.5, 0.6) is 0 Å². The molecule has 2 aromatic heterocycles. The van der Waals surface area contributed by atoms with Crippen molar-refractivity contribution in [1.29, 1.82) is 0 Å². The van der Waals surface area contributed by atoms with Gasteiger partial charge in [0.05, 0.1) is 0 Å². The fraction of sp³-hybridized carbons (Fsp3) is 0.391. The molecule has 0 unspecified atom stereocenters. The van der Waals surface area contributed by atoms with Crippen molar-refractivity contribution in [3.63, 3.8) is 0 Å². The molecule has 6 nitrogen and oxygen atoms in total. The predicted octanol–water partition coefficient (Wildman–Crippen LogP) is 4.25. The number of amides is 1. The first-order chi connectivity index (χ1) is 14.3. The van der Waals surface area contributed by atoms with E-state index in [0.29, 0.717) is 30.5 Å². The molecule has 1 saturated heterocycles. The highest BCUT2D eigenvalue weighted by molar-refractivity contribution is 5.77. The van der Waals surface area contributed by atoms with Crippen molar-refractivity contribution < 1.29 is 9.32 Å². The summed E-state index contributed by atoms with van der Waals surface area (Å²) in [5, 5.41) is 4.02. The van der Waals surface area contributed by atoms with Gasteiger partial charge in [0.1, 0.15) is 0 Å². The second kappa shape index (κ2) is 8.99. The van der Waals surface area contributed by atoms with E-state index in [4.69, 9.17) is 4.52 Å². The van der Waals surface area contributed by atoms with Crippen LogP contribution in [0.4, 0.5) is 0 Å². The molecule has 150 valence electrons. The second-order valence-corrected chi connectivity index (χ2v) is 7.47. The number of aromatic nitrogens is 3. The Kier molecular flexibility index (Phi) is 5.98. The van der Waals surface area contributed by atoms with Crippen LogP contribution in [-0.4, -0.2) is 38.5 Å². The third kappa shape index (κ3) is 4.36. The number of nitrogens with zero attached hydrogens (tertiary/aromatic N) is 4. The van der Waals surface area contributed by atoms with Crippen LogP contribution < -0.4 is 0 Å². The summed E-state index contributed by atoms with van der Waals surface area (Å²) in [5.41, 5.74) is 2.17. The lowest BCUT2D eigenvalue weighted by Crippen LogP contribution is -2.39. The van der Waals surface area contributed by atoms with E-state index in [1.165, 1.54) is 5.56 Å². The van der Waals surface area contributed by atoms with Crippen LogP contribution in [0.3, 0.4) is 0 Å². The average Bonchev–Trinajstić information content (AvgIpc) is 3.44. The van der Waals surface area contributed by atoms with Gasteiger partial charge in [-0.1, -0.05) is 42.4 Å². The Morgan fingerprint density at radius 1 is 1.21 bits per heavy atom. The minimum Gasteiger partial charge on any atom is -0.339 e. The average molecular weight is 390 g/mol. The Hall–Kier alpha value is -3.02. The first-order valence-electron chi connectivity index (χ1n) is 10.3. The molecule has 6 heteroatoms. The molecule has 0 spiro atoms. The highest BCUT2D eigenvalue weighted by atomic mass is 16.5. The summed E-state index contributed by atoms with van der Waals surface area (Å²) in [7, 11) is 0. The van der Waals surface area contributed by atoms with Gasteiger partial charge < -0.3 is 9.42 Å². The van der Waals surface area contributed by atoms with Crippen LogP contribution in [-0.2, 0) is 11.2 Å². The Labute approximate surface area is 171 Å². The maximum Gasteiger partial charge on any atom is 0.227 e. The summed E-state index contributed by atoms with van der Waals surface area (Å²) in [4.78, 5) is 23.5. The quantitative estimate of drug-likeness (QED) is 0.603. The first kappa shape index (κ1) is 19.3. The number of carbonyl (C=O) groups excluding carboxylic acids is 1. The van der Waals surface area contributed by atoms with E-state index in [9.17, 15) is 4.79 Å². The maximum atomic E-state index is 13.0. The minimum absolute atomic E-state index is 0.172. The van der Waals surface area contributed by atoms with Gasteiger partial charge in [-0.15, -0.1) is 0 Å². The number of carbonyl (C=O) groups is 1. The lowest BCUT2D eigenvalue weighted by Gasteiger charge is -2.31. The van der Waals surface area contributed by atoms with Gasteiger partial charge in [-0.2, -0.15) is 4.98 Å². The van der Waals surface area contributed by atoms with Crippen molar-refractivity contribution in [3.05, 3.63) is 66.3 Å². The van der Waals surface area contributed by atoms with Crippen molar-refractivity contribution in [2.75, 3.05) is 6.54 Å². The molecule has 0 bridgehead atoms. The van der Waals surface area contributed by atoms with Gasteiger partial charge in [0.25, 0.3) is 0 Å². The van der Waals surface area contributed by atoms with Crippen LogP contribution in [0.15, 0.2) is 59.4 Å². The van der Waals surface area contributed by atoms with Gasteiger partial charge in [0, 0.05) is 49.3 Å². The summed E-state index contributed by atoms with van der Waals surface area (Å²) in [6.07, 6.45) is 7.39. The molecule has 1 aromatic carbocycles. The SMILES string of the molecule is CC[C@H](c1ccccc1)[C@H]1CCCN1C(=O)CCc1nc(-c2ccncc2)no1. The number of rotatable bonds is 7. The molecule has 1 fully saturated rings. The lowest BCUT2D eigenvalue weighted by molar-refractivity contribution is -0.132. The fourth-order valence-corrected chi connectivity index (χ4v) is 4.28. The van der Waals surface area contributed by atoms with Crippen molar-refractivity contribution >= 4 is 5.91 Å². The highest BCUT2D eigenvalue weighted by Gasteiger charge is 2.34. The number of likely N-dealkylation sites (tertiary alicyclic amines) is 1. The zero-order valence-electron chi connectivity index (χ0n) is 16.7. The molecular weight excluding hydrogens is 364 g/mol. The van der Waals surface area contributed by atoms with E-state index in [-0.39, 0.29) is 11.9 Å². The van der Waals surface area contributed by atoms with E-state index in [0.717, 1.165) is 31.4 Å². The van der Waals surface area contributed by atoms with E-state index < -0.39 is 0 Å². The standard InChI is InChI=1S/C23H26N4O2/c1-2-19(17-7-4-3-5-8-17)20-9-6-16-27(20)22(28)11-10-21-25-23(26-29-21)18-12-14-24-15-13-18/h3-5,7-8,12-15,19-20H,2,6,9-11,16H2,1H3/t19-,20-/m1/s1. The topological polar surface area (TPSA) is 72.1 Å². The Morgan fingerprint density at radius 2 is 2.00 bits per heavy atom. The van der Waals surface area contributed by atoms with Gasteiger partial charge in [-0.25, -0.2) is 0 Å². The van der Waals surface area contributed by atoms with Crippen LogP contribution in [0.2, 0.25) is 0 Å². The third-order valence-electron chi connectivity index (χ3n) is 5.71. The number of hydrogen-bond donors (Lipinski definition) is 0. The maximum absolute atomic E-state index is 13.0. The number of hydrogen-bond acceptors (Lipinski definition) is 5. The summed E-state index contributed by atoms with van der Waals surface area (Å²) < 4.78 is 5.34. The number of pyridine rings is 1. The summed E-state index contributed by atoms with van der Waals surface area (Å²) in [6.45, 7) is 3.04. The Bertz CT molecular complexity index is 926. The molecule has 3 heterocycles. The van der Waals surface area contributed by atoms with Crippen molar-refractivity contribution in [3.8, 4) is 11.4 Å². The molecule has 0 N–H and O–H groups in total. The number of benzene rings is 1. The molecule has 29 heavy (non-hydrogen) atoms. The summed E-state index contributed by atoms with van der Waals surface area (Å²) in [5.74, 6) is 1.58. The first-order valence-corrected chi connectivity index (χ1v) is 10.3. The molecule has 0 saturated carbocycles. The van der Waals surface area contributed by atoms with Gasteiger partial charge in [0.2, 0.25) is 17.6 Å². The minimum atomic E-state index is 0.172. The van der Waals surface area contributed by atoms with Gasteiger partial charge in [-0.05, 0) is 37.0 Å². The van der Waals surface area contributed by atoms with Crippen molar-refractivity contribution in [2.24, 2.45) is 0 Å². The van der Waals surface area contributed by atoms with E-state index in [1.807, 2.05) is 18.2 Å². The van der Waals surface area contributed by atoms with Crippen LogP contribution >= 0.6 is 0 Å². The van der Waals surface area contributed by atoms with E-state index >= 15 is 0 Å². The van der Waals surface area contributed by atoms with Crippen LogP contribution in [0.25, 0.3) is 11.4 Å². The zero-order valence-corrected chi connectivity index (χ0v) is 16.7. The normalized spacial score (nSPS) is 17.4. The van der Waals surface area contributed by atoms with E-state index in [2.05, 4.69) is 51.2 Å². The Morgan fingerprint density at radius 3 is 2.76 bits per heavy atom. The summed E-state index contributed by atoms with van der Waals surface area (Å²) in [6, 6.07) is 14.5. The molecule has 0 aliphatic carbocycles. The van der Waals surface area contributed by atoms with Gasteiger partial charge in [-0.3, -0.25) is 9.78 Å². The second-order valence-electron chi connectivity index (χ2n) is 7.47. The molecule has 1 amide bonds. The molecule has 3 aromatic rings. The van der Waals surface area contributed by atoms with Crippen LogP contribution in [0.1, 0.15) is 50.0 Å². The molecule has 4 rings (SSSR count). The lowest BCUT2D eigenvalue weighted by atomic mass is 9.87. The highest BCUT2D eigenvalue weighted by Crippen LogP contribution is 2.34. The van der Waals surface area contributed by atoms with E-state index in [1.54, 1.807) is 12.4 Å². The van der Waals surface area contributed by atoms with Crippen LogP contribution in [0, 0.1) is 0 Å². The smallest absolute Gasteiger partial charge is 0.227 e. The molecule has 0 radical (unpaired) electrons.